The molecular formula is C21H25N8O10P. The molecular weight excluding hydrogens is 555 g/mol. The Morgan fingerprint density at radius 3 is 2.58 bits per heavy atom. The van der Waals surface area contributed by atoms with Crippen molar-refractivity contribution in [2.75, 3.05) is 18.9 Å². The number of hydrogen-bond donors (Lipinski definition) is 7. The van der Waals surface area contributed by atoms with E-state index in [1.54, 1.807) is 6.07 Å². The Morgan fingerprint density at radius 1 is 1.02 bits per heavy atom. The third-order valence-electron chi connectivity index (χ3n) is 7.11. The Balaban J connectivity index is 1.24. The number of nitrogens with two attached hydrogens (primary N) is 1. The molecule has 2 aliphatic rings. The van der Waals surface area contributed by atoms with Crippen molar-refractivity contribution in [2.24, 2.45) is 0 Å². The molecule has 2 aliphatic heterocycles. The summed E-state index contributed by atoms with van der Waals surface area (Å²) in [6, 6.07) is 1.61. The largest absolute Gasteiger partial charge is 0.394 e. The number of aromatic amines is 1. The molecule has 9 atom stereocenters. The molecule has 2 fully saturated rings. The number of nitrogens with one attached hydrogen (secondary N) is 1. The van der Waals surface area contributed by atoms with Crippen molar-refractivity contribution in [3.05, 3.63) is 41.6 Å². The number of hydrogen-bond acceptors (Lipinski definition) is 14. The van der Waals surface area contributed by atoms with Gasteiger partial charge >= 0.3 is 7.60 Å². The predicted molar refractivity (Wildman–Crippen MR) is 133 cm³/mol. The van der Waals surface area contributed by atoms with Crippen molar-refractivity contribution >= 4 is 35.6 Å². The topological polar surface area (TPSA) is 266 Å². The molecule has 0 radical (unpaired) electrons. The zero-order chi connectivity index (χ0) is 28.3. The van der Waals surface area contributed by atoms with Crippen LogP contribution in [-0.2, 0) is 18.6 Å². The highest BCUT2D eigenvalue weighted by Gasteiger charge is 2.55. The molecule has 19 heteroatoms. The molecule has 0 saturated carbocycles. The lowest BCUT2D eigenvalue weighted by Gasteiger charge is -2.27. The Morgan fingerprint density at radius 2 is 1.80 bits per heavy atom. The molecule has 8 N–H and O–H groups in total. The maximum absolute atomic E-state index is 13.5. The van der Waals surface area contributed by atoms with Crippen LogP contribution in [0.5, 0.6) is 0 Å². The van der Waals surface area contributed by atoms with Gasteiger partial charge in [0.05, 0.1) is 31.3 Å². The third kappa shape index (κ3) is 4.21. The van der Waals surface area contributed by atoms with Gasteiger partial charge in [-0.25, -0.2) is 19.9 Å². The van der Waals surface area contributed by atoms with Crippen LogP contribution in [0.15, 0.2) is 36.0 Å². The van der Waals surface area contributed by atoms with E-state index < -0.39 is 75.0 Å². The van der Waals surface area contributed by atoms with Crippen LogP contribution in [0, 0.1) is 0 Å². The van der Waals surface area contributed by atoms with Crippen LogP contribution in [-0.4, -0.2) is 109 Å². The van der Waals surface area contributed by atoms with Gasteiger partial charge in [0, 0.05) is 6.20 Å². The highest BCUT2D eigenvalue weighted by atomic mass is 31.2. The summed E-state index contributed by atoms with van der Waals surface area (Å²) in [5.41, 5.74) is 3.91. The van der Waals surface area contributed by atoms with Crippen molar-refractivity contribution < 1.29 is 43.9 Å². The maximum atomic E-state index is 13.5. The van der Waals surface area contributed by atoms with Gasteiger partial charge in [-0.05, 0) is 6.07 Å². The number of rotatable bonds is 7. The van der Waals surface area contributed by atoms with Crippen LogP contribution in [0.4, 0.5) is 5.82 Å². The first-order chi connectivity index (χ1) is 19.1. The van der Waals surface area contributed by atoms with Crippen LogP contribution in [0.25, 0.3) is 22.2 Å². The van der Waals surface area contributed by atoms with E-state index in [-0.39, 0.29) is 17.0 Å². The number of H-pyrrole nitrogens is 1. The average molecular weight is 580 g/mol. The van der Waals surface area contributed by atoms with Gasteiger partial charge in [0.2, 0.25) is 0 Å². The fourth-order valence-electron chi connectivity index (χ4n) is 5.07. The van der Waals surface area contributed by atoms with Gasteiger partial charge in [0.25, 0.3) is 5.56 Å². The van der Waals surface area contributed by atoms with Crippen LogP contribution < -0.4 is 11.3 Å². The second-order valence-corrected chi connectivity index (χ2v) is 11.4. The first-order valence-electron chi connectivity index (χ1n) is 12.0. The molecule has 0 aliphatic carbocycles. The second kappa shape index (κ2) is 9.95. The van der Waals surface area contributed by atoms with Gasteiger partial charge in [-0.15, -0.1) is 0 Å². The van der Waals surface area contributed by atoms with E-state index in [0.717, 1.165) is 12.7 Å². The van der Waals surface area contributed by atoms with Gasteiger partial charge in [0.1, 0.15) is 54.0 Å². The number of anilines is 1. The molecule has 0 spiro atoms. The summed E-state index contributed by atoms with van der Waals surface area (Å²) < 4.78 is 32.9. The summed E-state index contributed by atoms with van der Waals surface area (Å²) in [6.45, 7) is -1.35. The Hall–Kier alpha value is -3.32. The zero-order valence-corrected chi connectivity index (χ0v) is 21.3. The van der Waals surface area contributed by atoms with Gasteiger partial charge in [0.15, 0.2) is 23.6 Å². The molecule has 40 heavy (non-hydrogen) atoms. The van der Waals surface area contributed by atoms with Crippen molar-refractivity contribution in [3.63, 3.8) is 0 Å². The number of aromatic nitrogens is 7. The van der Waals surface area contributed by atoms with Gasteiger partial charge in [-0.3, -0.25) is 13.9 Å². The van der Waals surface area contributed by atoms with Crippen molar-refractivity contribution in [1.82, 2.24) is 34.1 Å². The zero-order valence-electron chi connectivity index (χ0n) is 20.4. The smallest absolute Gasteiger partial charge is 0.338 e. The highest BCUT2D eigenvalue weighted by molar-refractivity contribution is 7.53. The Labute approximate surface area is 223 Å². The van der Waals surface area contributed by atoms with Crippen molar-refractivity contribution in [1.29, 1.82) is 0 Å². The highest BCUT2D eigenvalue weighted by Crippen LogP contribution is 2.57. The predicted octanol–water partition coefficient (Wildman–Crippen LogP) is -2.41. The molecule has 4 aromatic rings. The van der Waals surface area contributed by atoms with E-state index in [4.69, 9.17) is 19.7 Å². The summed E-state index contributed by atoms with van der Waals surface area (Å²) >= 11 is 0. The Kier molecular flexibility index (Phi) is 6.68. The van der Waals surface area contributed by atoms with E-state index in [1.165, 1.54) is 21.7 Å². The van der Waals surface area contributed by atoms with E-state index >= 15 is 0 Å². The summed E-state index contributed by atoms with van der Waals surface area (Å²) in [4.78, 5) is 41.5. The van der Waals surface area contributed by atoms with E-state index in [1.807, 2.05) is 0 Å². The molecule has 6 rings (SSSR count). The normalized spacial score (nSPS) is 32.2. The molecule has 18 nitrogen and oxygen atoms in total. The summed E-state index contributed by atoms with van der Waals surface area (Å²) in [6.07, 6.45) is -4.72. The maximum Gasteiger partial charge on any atom is 0.338 e. The number of nitrogen functional groups attached to an aromatic ring is 1. The minimum Gasteiger partial charge on any atom is -0.394 e. The number of ether oxygens (including phenoxy) is 2. The van der Waals surface area contributed by atoms with E-state index in [0.29, 0.717) is 11.0 Å². The van der Waals surface area contributed by atoms with Crippen LogP contribution in [0.3, 0.4) is 0 Å². The molecule has 0 amide bonds. The quantitative estimate of drug-likeness (QED) is 0.112. The van der Waals surface area contributed by atoms with E-state index in [2.05, 4.69) is 24.9 Å². The SMILES string of the molecule is Nc1ncnc2c1ccn2[C@@H]1O[C@H](COP(=O)(O)[C@@H]2[C@H](O)[C@@H](CO)O[C@H]2n2cnc3c(=O)[nH]cnc32)[C@@H](O)[C@H]1O. The van der Waals surface area contributed by atoms with Crippen LogP contribution >= 0.6 is 7.60 Å². The molecule has 0 aromatic carbocycles. The lowest BCUT2D eigenvalue weighted by Crippen LogP contribution is -2.36. The third-order valence-corrected chi connectivity index (χ3v) is 8.94. The summed E-state index contributed by atoms with van der Waals surface area (Å²) in [5, 5.41) is 42.3. The van der Waals surface area contributed by atoms with E-state index in [9.17, 15) is 34.7 Å². The Bertz CT molecular complexity index is 1660. The summed E-state index contributed by atoms with van der Waals surface area (Å²) in [7, 11) is -4.82. The molecule has 6 heterocycles. The van der Waals surface area contributed by atoms with Gasteiger partial charge < -0.3 is 54.6 Å². The molecule has 2 saturated heterocycles. The average Bonchev–Trinajstić information content (AvgIpc) is 3.68. The lowest BCUT2D eigenvalue weighted by atomic mass is 10.1. The fourth-order valence-corrected chi connectivity index (χ4v) is 6.72. The first kappa shape index (κ1) is 26.9. The van der Waals surface area contributed by atoms with Crippen molar-refractivity contribution in [2.45, 2.75) is 48.6 Å². The van der Waals surface area contributed by atoms with Crippen LogP contribution in [0.1, 0.15) is 12.5 Å². The number of aliphatic hydroxyl groups excluding tert-OH is 4. The molecule has 0 bridgehead atoms. The minimum atomic E-state index is -4.82. The number of nitrogens with zero attached hydrogens (tertiary/aromatic N) is 6. The first-order valence-corrected chi connectivity index (χ1v) is 13.7. The monoisotopic (exact) mass is 580 g/mol. The number of imidazole rings is 1. The minimum absolute atomic E-state index is 0.00782. The second-order valence-electron chi connectivity index (χ2n) is 9.41. The number of fused-ring (bicyclic) bond motifs is 2. The van der Waals surface area contributed by atoms with Gasteiger partial charge in [-0.2, -0.15) is 0 Å². The summed E-state index contributed by atoms with van der Waals surface area (Å²) in [5.74, 6) is 0.205. The van der Waals surface area contributed by atoms with Crippen LogP contribution in [0.2, 0.25) is 0 Å². The molecule has 4 aromatic heterocycles. The standard InChI is InChI=1S/C21H25N8O10P/c22-16-8-1-2-28(17(8)24-5-23-16)20-14(33)12(31)10(39-20)4-37-40(35,36)15-13(32)9(3-30)38-21(15)29-7-27-11-18(29)25-6-26-19(11)34/h1-2,5-7,9-10,12-15,20-21,30-33H,3-4H2,(H,35,36)(H2,22,23,24)(H,25,26,34)/t9-,10-,12-,13-,14-,15-,20-,21-/m1/s1. The lowest BCUT2D eigenvalue weighted by molar-refractivity contribution is -0.0494. The number of aliphatic hydroxyl groups is 4. The molecule has 1 unspecified atom stereocenters. The van der Waals surface area contributed by atoms with Gasteiger partial charge in [-0.1, -0.05) is 0 Å². The fraction of sp³-hybridized carbons (Fsp3) is 0.476. The molecule has 214 valence electrons. The van der Waals surface area contributed by atoms with Crippen molar-refractivity contribution in [3.8, 4) is 0 Å².